The van der Waals surface area contributed by atoms with E-state index < -0.39 is 0 Å². The number of carbonyl (C=O) groups is 2. The highest BCUT2D eigenvalue weighted by atomic mass is 32.2. The number of aryl methyl sites for hydroxylation is 2. The van der Waals surface area contributed by atoms with Gasteiger partial charge in [0.1, 0.15) is 5.82 Å². The highest BCUT2D eigenvalue weighted by Crippen LogP contribution is 2.19. The van der Waals surface area contributed by atoms with Crippen LogP contribution in [0.25, 0.3) is 0 Å². The number of benzene rings is 2. The second-order valence-corrected chi connectivity index (χ2v) is 7.93. The Balaban J connectivity index is 1.58. The average molecular weight is 442 g/mol. The van der Waals surface area contributed by atoms with Crippen LogP contribution >= 0.6 is 11.8 Å². The van der Waals surface area contributed by atoms with Crippen molar-refractivity contribution >= 4 is 29.3 Å². The minimum atomic E-state index is -0.344. The molecule has 0 aliphatic heterocycles. The fourth-order valence-electron chi connectivity index (χ4n) is 3.01. The van der Waals surface area contributed by atoms with Crippen molar-refractivity contribution in [3.8, 4) is 0 Å². The van der Waals surface area contributed by atoms with Crippen LogP contribution in [0.2, 0.25) is 0 Å². The molecule has 1 heterocycles. The first-order valence-electron chi connectivity index (χ1n) is 9.83. The SMILES string of the molecule is CCn1c(CNC(=O)c2cccc(C)c2)nnc1SCC(=O)Nc1ccc(F)cc1C. The molecule has 0 fully saturated rings. The van der Waals surface area contributed by atoms with Gasteiger partial charge in [0.15, 0.2) is 11.0 Å². The molecule has 2 amide bonds. The monoisotopic (exact) mass is 441 g/mol. The summed E-state index contributed by atoms with van der Waals surface area (Å²) in [6.07, 6.45) is 0. The summed E-state index contributed by atoms with van der Waals surface area (Å²) in [5, 5.41) is 14.5. The van der Waals surface area contributed by atoms with Gasteiger partial charge in [0, 0.05) is 17.8 Å². The predicted octanol–water partition coefficient (Wildman–Crippen LogP) is 3.71. The van der Waals surface area contributed by atoms with E-state index in [0.29, 0.717) is 34.3 Å². The summed E-state index contributed by atoms with van der Waals surface area (Å²) in [5.41, 5.74) is 2.83. The molecule has 0 aliphatic carbocycles. The molecule has 3 aromatic rings. The van der Waals surface area contributed by atoms with Crippen LogP contribution in [0.3, 0.4) is 0 Å². The molecular formula is C22H24FN5O2S. The smallest absolute Gasteiger partial charge is 0.251 e. The van der Waals surface area contributed by atoms with Gasteiger partial charge in [0.2, 0.25) is 5.91 Å². The van der Waals surface area contributed by atoms with E-state index in [-0.39, 0.29) is 29.9 Å². The Morgan fingerprint density at radius 1 is 1.13 bits per heavy atom. The fourth-order valence-corrected chi connectivity index (χ4v) is 3.83. The van der Waals surface area contributed by atoms with Gasteiger partial charge in [-0.15, -0.1) is 10.2 Å². The van der Waals surface area contributed by atoms with E-state index in [1.807, 2.05) is 36.6 Å². The van der Waals surface area contributed by atoms with Gasteiger partial charge in [0.05, 0.1) is 12.3 Å². The number of aromatic nitrogens is 3. The molecule has 7 nitrogen and oxygen atoms in total. The number of rotatable bonds is 8. The Labute approximate surface area is 184 Å². The quantitative estimate of drug-likeness (QED) is 0.520. The zero-order valence-corrected chi connectivity index (χ0v) is 18.4. The Hall–Kier alpha value is -3.20. The molecule has 0 radical (unpaired) electrons. The van der Waals surface area contributed by atoms with Gasteiger partial charge in [0.25, 0.3) is 5.91 Å². The maximum atomic E-state index is 13.2. The number of hydrogen-bond donors (Lipinski definition) is 2. The highest BCUT2D eigenvalue weighted by Gasteiger charge is 2.15. The van der Waals surface area contributed by atoms with Crippen LogP contribution in [0, 0.1) is 19.7 Å². The third-order valence-electron chi connectivity index (χ3n) is 4.59. The Kier molecular flexibility index (Phi) is 7.41. The molecule has 31 heavy (non-hydrogen) atoms. The number of hydrogen-bond acceptors (Lipinski definition) is 5. The molecule has 0 atom stereocenters. The van der Waals surface area contributed by atoms with E-state index in [4.69, 9.17) is 0 Å². The summed E-state index contributed by atoms with van der Waals surface area (Å²) < 4.78 is 15.1. The summed E-state index contributed by atoms with van der Waals surface area (Å²) in [4.78, 5) is 24.7. The van der Waals surface area contributed by atoms with E-state index in [1.54, 1.807) is 13.0 Å². The summed E-state index contributed by atoms with van der Waals surface area (Å²) in [7, 11) is 0. The van der Waals surface area contributed by atoms with Crippen molar-refractivity contribution in [3.63, 3.8) is 0 Å². The van der Waals surface area contributed by atoms with Crippen LogP contribution in [-0.4, -0.2) is 32.3 Å². The number of carbonyl (C=O) groups excluding carboxylic acids is 2. The molecule has 0 bridgehead atoms. The van der Waals surface area contributed by atoms with Gasteiger partial charge in [-0.25, -0.2) is 4.39 Å². The largest absolute Gasteiger partial charge is 0.345 e. The summed E-state index contributed by atoms with van der Waals surface area (Å²) >= 11 is 1.25. The lowest BCUT2D eigenvalue weighted by Crippen LogP contribution is -2.25. The van der Waals surface area contributed by atoms with Crippen molar-refractivity contribution in [1.82, 2.24) is 20.1 Å². The summed E-state index contributed by atoms with van der Waals surface area (Å²) in [6.45, 7) is 6.44. The number of nitrogens with zero attached hydrogens (tertiary/aromatic N) is 3. The standard InChI is InChI=1S/C22H24FN5O2S/c1-4-28-19(12-24-21(30)16-7-5-6-14(2)10-16)26-27-22(28)31-13-20(29)25-18-9-8-17(23)11-15(18)3/h5-11H,4,12-13H2,1-3H3,(H,24,30)(H,25,29). The van der Waals surface area contributed by atoms with Crippen LogP contribution in [-0.2, 0) is 17.9 Å². The number of amides is 2. The maximum absolute atomic E-state index is 13.2. The minimum Gasteiger partial charge on any atom is -0.345 e. The van der Waals surface area contributed by atoms with E-state index in [9.17, 15) is 14.0 Å². The molecule has 0 spiro atoms. The summed E-state index contributed by atoms with van der Waals surface area (Å²) in [5.74, 6) is -0.00840. The topological polar surface area (TPSA) is 88.9 Å². The molecule has 162 valence electrons. The number of anilines is 1. The van der Waals surface area contributed by atoms with Crippen LogP contribution < -0.4 is 10.6 Å². The van der Waals surface area contributed by atoms with E-state index in [2.05, 4.69) is 20.8 Å². The second-order valence-electron chi connectivity index (χ2n) is 6.99. The summed E-state index contributed by atoms with van der Waals surface area (Å²) in [6, 6.07) is 11.6. The van der Waals surface area contributed by atoms with Crippen LogP contribution in [0.5, 0.6) is 0 Å². The van der Waals surface area contributed by atoms with E-state index in [0.717, 1.165) is 5.56 Å². The molecule has 3 rings (SSSR count). The van der Waals surface area contributed by atoms with Crippen molar-refractivity contribution < 1.29 is 14.0 Å². The van der Waals surface area contributed by atoms with Gasteiger partial charge in [-0.1, -0.05) is 29.5 Å². The van der Waals surface area contributed by atoms with Crippen molar-refractivity contribution in [2.45, 2.75) is 39.0 Å². The normalized spacial score (nSPS) is 10.7. The Bertz CT molecular complexity index is 1100. The Morgan fingerprint density at radius 2 is 1.94 bits per heavy atom. The molecule has 2 N–H and O–H groups in total. The molecule has 0 unspecified atom stereocenters. The second kappa shape index (κ2) is 10.2. The lowest BCUT2D eigenvalue weighted by Gasteiger charge is -2.10. The minimum absolute atomic E-state index is 0.130. The number of nitrogens with one attached hydrogen (secondary N) is 2. The van der Waals surface area contributed by atoms with Gasteiger partial charge in [-0.2, -0.15) is 0 Å². The van der Waals surface area contributed by atoms with Crippen molar-refractivity contribution in [2.24, 2.45) is 0 Å². The Morgan fingerprint density at radius 3 is 2.65 bits per heavy atom. The molecule has 0 saturated carbocycles. The molecule has 1 aromatic heterocycles. The maximum Gasteiger partial charge on any atom is 0.251 e. The first-order chi connectivity index (χ1) is 14.9. The molecule has 0 aliphatic rings. The van der Waals surface area contributed by atoms with Crippen LogP contribution in [0.1, 0.15) is 34.2 Å². The zero-order chi connectivity index (χ0) is 22.4. The molecular weight excluding hydrogens is 417 g/mol. The van der Waals surface area contributed by atoms with Crippen molar-refractivity contribution in [2.75, 3.05) is 11.1 Å². The third-order valence-corrected chi connectivity index (χ3v) is 5.56. The van der Waals surface area contributed by atoms with E-state index in [1.165, 1.54) is 30.0 Å². The van der Waals surface area contributed by atoms with E-state index >= 15 is 0 Å². The fraction of sp³-hybridized carbons (Fsp3) is 0.273. The van der Waals surface area contributed by atoms with Crippen LogP contribution in [0.15, 0.2) is 47.6 Å². The predicted molar refractivity (Wildman–Crippen MR) is 119 cm³/mol. The molecule has 0 saturated heterocycles. The first kappa shape index (κ1) is 22.5. The average Bonchev–Trinajstić information content (AvgIpc) is 3.14. The van der Waals surface area contributed by atoms with Gasteiger partial charge in [-0.3, -0.25) is 9.59 Å². The first-order valence-corrected chi connectivity index (χ1v) is 10.8. The van der Waals surface area contributed by atoms with Gasteiger partial charge >= 0.3 is 0 Å². The zero-order valence-electron chi connectivity index (χ0n) is 17.6. The van der Waals surface area contributed by atoms with Gasteiger partial charge in [-0.05, 0) is 56.7 Å². The highest BCUT2D eigenvalue weighted by molar-refractivity contribution is 7.99. The third kappa shape index (κ3) is 5.91. The van der Waals surface area contributed by atoms with Gasteiger partial charge < -0.3 is 15.2 Å². The van der Waals surface area contributed by atoms with Crippen LogP contribution in [0.4, 0.5) is 10.1 Å². The molecule has 9 heteroatoms. The van der Waals surface area contributed by atoms with Crippen molar-refractivity contribution in [1.29, 1.82) is 0 Å². The molecule has 2 aromatic carbocycles. The number of halogens is 1. The lowest BCUT2D eigenvalue weighted by atomic mass is 10.1. The van der Waals surface area contributed by atoms with Crippen molar-refractivity contribution in [3.05, 3.63) is 70.8 Å². The lowest BCUT2D eigenvalue weighted by molar-refractivity contribution is -0.113. The number of thioether (sulfide) groups is 1.